The Bertz CT molecular complexity index is 1050. The number of aryl methyl sites for hydroxylation is 1. The van der Waals surface area contributed by atoms with E-state index in [0.29, 0.717) is 41.7 Å². The van der Waals surface area contributed by atoms with Gasteiger partial charge in [0.2, 0.25) is 0 Å². The van der Waals surface area contributed by atoms with Gasteiger partial charge in [-0.25, -0.2) is 0 Å². The van der Waals surface area contributed by atoms with E-state index in [9.17, 15) is 4.79 Å². The van der Waals surface area contributed by atoms with Crippen LogP contribution in [0.2, 0.25) is 0 Å². The third-order valence-electron chi connectivity index (χ3n) is 4.04. The summed E-state index contributed by atoms with van der Waals surface area (Å²) in [5.74, 6) is 0.938. The van der Waals surface area contributed by atoms with Crippen LogP contribution in [0, 0.1) is 6.92 Å². The molecule has 0 saturated heterocycles. The van der Waals surface area contributed by atoms with Gasteiger partial charge in [-0.05, 0) is 25.1 Å². The van der Waals surface area contributed by atoms with Gasteiger partial charge in [-0.2, -0.15) is 4.98 Å². The minimum Gasteiger partial charge on any atom is -0.451 e. The predicted octanol–water partition coefficient (Wildman–Crippen LogP) is 3.16. The molecule has 0 aliphatic heterocycles. The fourth-order valence-corrected chi connectivity index (χ4v) is 2.71. The van der Waals surface area contributed by atoms with E-state index in [-0.39, 0.29) is 5.91 Å². The summed E-state index contributed by atoms with van der Waals surface area (Å²) in [5.41, 5.74) is 2.15. The van der Waals surface area contributed by atoms with E-state index in [1.54, 1.807) is 12.3 Å². The second kappa shape index (κ2) is 6.79. The monoisotopic (exact) mass is 348 g/mol. The van der Waals surface area contributed by atoms with Crippen molar-refractivity contribution in [2.75, 3.05) is 6.54 Å². The topological polar surface area (TPSA) is 94.1 Å². The second-order valence-corrected chi connectivity index (χ2v) is 5.79. The molecule has 0 aliphatic rings. The molecule has 3 heterocycles. The number of pyridine rings is 1. The molecule has 1 amide bonds. The number of hydrogen-bond donors (Lipinski definition) is 1. The summed E-state index contributed by atoms with van der Waals surface area (Å²) in [5, 5.41) is 7.68. The number of carbonyl (C=O) groups excluding carboxylic acids is 1. The summed E-state index contributed by atoms with van der Waals surface area (Å²) < 4.78 is 10.9. The zero-order valence-electron chi connectivity index (χ0n) is 14.1. The van der Waals surface area contributed by atoms with Crippen LogP contribution >= 0.6 is 0 Å². The van der Waals surface area contributed by atoms with Gasteiger partial charge in [0.1, 0.15) is 11.3 Å². The number of nitrogens with one attached hydrogen (secondary N) is 1. The van der Waals surface area contributed by atoms with Crippen molar-refractivity contribution in [3.63, 3.8) is 0 Å². The molecule has 0 saturated carbocycles. The number of fused-ring (bicyclic) bond motifs is 1. The molecule has 26 heavy (non-hydrogen) atoms. The van der Waals surface area contributed by atoms with Crippen LogP contribution in [0.15, 0.2) is 57.6 Å². The minimum atomic E-state index is -0.257. The Labute approximate surface area is 149 Å². The first-order valence-electron chi connectivity index (χ1n) is 8.22. The number of nitrogens with zero attached hydrogens (tertiary/aromatic N) is 3. The fraction of sp³-hybridized carbons (Fsp3) is 0.158. The molecule has 0 fully saturated rings. The first-order chi connectivity index (χ1) is 12.7. The summed E-state index contributed by atoms with van der Waals surface area (Å²) in [4.78, 5) is 20.8. The average molecular weight is 348 g/mol. The second-order valence-electron chi connectivity index (χ2n) is 5.79. The Morgan fingerprint density at radius 3 is 2.81 bits per heavy atom. The van der Waals surface area contributed by atoms with Crippen molar-refractivity contribution in [3.8, 4) is 11.6 Å². The van der Waals surface area contributed by atoms with Gasteiger partial charge in [0.25, 0.3) is 11.8 Å². The van der Waals surface area contributed by atoms with Gasteiger partial charge < -0.3 is 14.3 Å². The van der Waals surface area contributed by atoms with Crippen molar-refractivity contribution in [1.82, 2.24) is 20.4 Å². The van der Waals surface area contributed by atoms with Gasteiger partial charge in [-0.1, -0.05) is 29.4 Å². The van der Waals surface area contributed by atoms with Crippen molar-refractivity contribution in [2.45, 2.75) is 13.3 Å². The summed E-state index contributed by atoms with van der Waals surface area (Å²) in [6.45, 7) is 2.25. The van der Waals surface area contributed by atoms with E-state index < -0.39 is 0 Å². The Kier molecular flexibility index (Phi) is 4.18. The number of hydrogen-bond acceptors (Lipinski definition) is 6. The number of rotatable bonds is 5. The maximum Gasteiger partial charge on any atom is 0.287 e. The van der Waals surface area contributed by atoms with Crippen LogP contribution in [0.4, 0.5) is 0 Å². The molecule has 1 N–H and O–H groups in total. The summed E-state index contributed by atoms with van der Waals surface area (Å²) in [6.07, 6.45) is 2.11. The largest absolute Gasteiger partial charge is 0.451 e. The van der Waals surface area contributed by atoms with Crippen molar-refractivity contribution in [2.24, 2.45) is 0 Å². The van der Waals surface area contributed by atoms with Crippen molar-refractivity contribution in [3.05, 3.63) is 65.8 Å². The molecule has 0 bridgehead atoms. The summed E-state index contributed by atoms with van der Waals surface area (Å²) >= 11 is 0. The Morgan fingerprint density at radius 2 is 2.00 bits per heavy atom. The van der Waals surface area contributed by atoms with Crippen LogP contribution in [-0.2, 0) is 6.42 Å². The minimum absolute atomic E-state index is 0.257. The molecule has 3 aromatic heterocycles. The van der Waals surface area contributed by atoms with E-state index in [1.165, 1.54) is 0 Å². The van der Waals surface area contributed by atoms with Crippen LogP contribution in [0.25, 0.3) is 22.6 Å². The zero-order valence-corrected chi connectivity index (χ0v) is 14.1. The quantitative estimate of drug-likeness (QED) is 0.595. The van der Waals surface area contributed by atoms with Crippen LogP contribution in [0.5, 0.6) is 0 Å². The van der Waals surface area contributed by atoms with Crippen LogP contribution < -0.4 is 5.32 Å². The average Bonchev–Trinajstić information content (AvgIpc) is 3.28. The molecule has 0 aliphatic carbocycles. The number of amides is 1. The highest BCUT2D eigenvalue weighted by molar-refractivity contribution is 5.98. The molecule has 130 valence electrons. The molecule has 7 nitrogen and oxygen atoms in total. The highest BCUT2D eigenvalue weighted by Gasteiger charge is 2.17. The van der Waals surface area contributed by atoms with Gasteiger partial charge in [0, 0.05) is 30.1 Å². The molecule has 4 rings (SSSR count). The van der Waals surface area contributed by atoms with E-state index in [2.05, 4.69) is 20.4 Å². The lowest BCUT2D eigenvalue weighted by atomic mass is 10.1. The van der Waals surface area contributed by atoms with Gasteiger partial charge in [0.15, 0.2) is 11.6 Å². The summed E-state index contributed by atoms with van der Waals surface area (Å²) in [7, 11) is 0. The molecule has 1 aromatic carbocycles. The normalized spacial score (nSPS) is 11.0. The van der Waals surface area contributed by atoms with Crippen molar-refractivity contribution >= 4 is 16.9 Å². The lowest BCUT2D eigenvalue weighted by Crippen LogP contribution is -2.26. The molecule has 0 radical (unpaired) electrons. The van der Waals surface area contributed by atoms with Crippen LogP contribution in [-0.4, -0.2) is 27.6 Å². The maximum atomic E-state index is 12.4. The van der Waals surface area contributed by atoms with E-state index in [1.807, 2.05) is 43.3 Å². The maximum absolute atomic E-state index is 12.4. The number of para-hydroxylation sites is 1. The third kappa shape index (κ3) is 3.06. The molecule has 7 heteroatoms. The van der Waals surface area contributed by atoms with Gasteiger partial charge >= 0.3 is 0 Å². The molecule has 4 aromatic rings. The smallest absolute Gasteiger partial charge is 0.287 e. The fourth-order valence-electron chi connectivity index (χ4n) is 2.71. The van der Waals surface area contributed by atoms with Gasteiger partial charge in [-0.15, -0.1) is 0 Å². The predicted molar refractivity (Wildman–Crippen MR) is 94.5 cm³/mol. The first-order valence-corrected chi connectivity index (χ1v) is 8.22. The highest BCUT2D eigenvalue weighted by atomic mass is 16.5. The standard InChI is InChI=1S/C19H16N4O3/c1-12-13-6-2-3-8-15(13)25-17(12)18(24)21-11-9-16-22-19(26-23-16)14-7-4-5-10-20-14/h2-8,10H,9,11H2,1H3,(H,21,24). The van der Waals surface area contributed by atoms with Crippen molar-refractivity contribution in [1.29, 1.82) is 0 Å². The molecule has 0 spiro atoms. The first kappa shape index (κ1) is 16.0. The van der Waals surface area contributed by atoms with Gasteiger partial charge in [0.05, 0.1) is 0 Å². The Balaban J connectivity index is 1.39. The summed E-state index contributed by atoms with van der Waals surface area (Å²) in [6, 6.07) is 13.0. The highest BCUT2D eigenvalue weighted by Crippen LogP contribution is 2.24. The Hall–Kier alpha value is -3.48. The third-order valence-corrected chi connectivity index (χ3v) is 4.04. The molecular weight excluding hydrogens is 332 g/mol. The van der Waals surface area contributed by atoms with E-state index in [4.69, 9.17) is 8.94 Å². The van der Waals surface area contributed by atoms with Crippen LogP contribution in [0.1, 0.15) is 21.9 Å². The van der Waals surface area contributed by atoms with Crippen molar-refractivity contribution < 1.29 is 13.7 Å². The Morgan fingerprint density at radius 1 is 1.15 bits per heavy atom. The van der Waals surface area contributed by atoms with E-state index in [0.717, 1.165) is 10.9 Å². The van der Waals surface area contributed by atoms with E-state index >= 15 is 0 Å². The number of benzene rings is 1. The molecule has 0 unspecified atom stereocenters. The lowest BCUT2D eigenvalue weighted by Gasteiger charge is -2.01. The van der Waals surface area contributed by atoms with Crippen LogP contribution in [0.3, 0.4) is 0 Å². The SMILES string of the molecule is Cc1c(C(=O)NCCc2noc(-c3ccccn3)n2)oc2ccccc12. The molecule has 0 atom stereocenters. The number of carbonyl (C=O) groups is 1. The number of furan rings is 1. The lowest BCUT2D eigenvalue weighted by molar-refractivity contribution is 0.0927. The van der Waals surface area contributed by atoms with Gasteiger partial charge in [-0.3, -0.25) is 9.78 Å². The molecular formula is C19H16N4O3. The number of aromatic nitrogens is 3. The zero-order chi connectivity index (χ0) is 17.9.